The fraction of sp³-hybridized carbons (Fsp3) is 0.296. The summed E-state index contributed by atoms with van der Waals surface area (Å²) < 4.78 is 0. The van der Waals surface area contributed by atoms with Crippen LogP contribution in [0.15, 0.2) is 54.7 Å². The number of carbonyl (C=O) groups excluding carboxylic acids is 2. The van der Waals surface area contributed by atoms with E-state index in [1.165, 1.54) is 39.6 Å². The molecular weight excluding hydrogens is 398 g/mol. The number of amides is 2. The van der Waals surface area contributed by atoms with Crippen LogP contribution in [-0.4, -0.2) is 29.9 Å². The van der Waals surface area contributed by atoms with Crippen LogP contribution in [0, 0.1) is 27.7 Å². The Morgan fingerprint density at radius 2 is 1.25 bits per heavy atom. The largest absolute Gasteiger partial charge is 0.352 e. The van der Waals surface area contributed by atoms with Gasteiger partial charge < -0.3 is 10.6 Å². The molecule has 0 fully saturated rings. The zero-order valence-corrected chi connectivity index (χ0v) is 19.3. The summed E-state index contributed by atoms with van der Waals surface area (Å²) in [7, 11) is 0. The topological polar surface area (TPSA) is 71.1 Å². The number of hydrogen-bond donors (Lipinski definition) is 2. The fourth-order valence-electron chi connectivity index (χ4n) is 3.76. The summed E-state index contributed by atoms with van der Waals surface area (Å²) in [5, 5.41) is 5.83. The lowest BCUT2D eigenvalue weighted by Crippen LogP contribution is -2.28. The van der Waals surface area contributed by atoms with E-state index in [4.69, 9.17) is 0 Å². The minimum Gasteiger partial charge on any atom is -0.352 e. The number of hydrogen-bond acceptors (Lipinski definition) is 3. The second-order valence-electron chi connectivity index (χ2n) is 8.30. The maximum absolute atomic E-state index is 12.5. The van der Waals surface area contributed by atoms with Gasteiger partial charge in [0.25, 0.3) is 11.8 Å². The molecule has 2 N–H and O–H groups in total. The minimum absolute atomic E-state index is 0.207. The van der Waals surface area contributed by atoms with Crippen molar-refractivity contribution in [3.05, 3.63) is 99.4 Å². The van der Waals surface area contributed by atoms with Crippen molar-refractivity contribution in [3.8, 4) is 0 Å². The molecule has 1 heterocycles. The van der Waals surface area contributed by atoms with Gasteiger partial charge in [0.1, 0.15) is 5.69 Å². The molecule has 2 amide bonds. The second-order valence-corrected chi connectivity index (χ2v) is 8.30. The number of carbonyl (C=O) groups is 2. The van der Waals surface area contributed by atoms with Crippen LogP contribution in [0.4, 0.5) is 0 Å². The maximum Gasteiger partial charge on any atom is 0.269 e. The molecule has 2 aromatic carbocycles. The first-order valence-corrected chi connectivity index (χ1v) is 11.0. The van der Waals surface area contributed by atoms with E-state index in [2.05, 4.69) is 79.7 Å². The molecule has 0 saturated heterocycles. The second kappa shape index (κ2) is 10.7. The van der Waals surface area contributed by atoms with Crippen molar-refractivity contribution in [3.63, 3.8) is 0 Å². The highest BCUT2D eigenvalue weighted by atomic mass is 16.2. The molecule has 0 bridgehead atoms. The molecule has 166 valence electrons. The molecule has 0 saturated carbocycles. The molecule has 3 rings (SSSR count). The summed E-state index contributed by atoms with van der Waals surface area (Å²) in [4.78, 5) is 29.2. The van der Waals surface area contributed by atoms with E-state index in [9.17, 15) is 9.59 Å². The SMILES string of the molecule is Cc1ccc(CCNC(=O)c2ccnc(C(=O)NCCc3ccc(C)cc3C)c2)c(C)c1. The Morgan fingerprint density at radius 1 is 0.719 bits per heavy atom. The molecule has 0 unspecified atom stereocenters. The van der Waals surface area contributed by atoms with E-state index < -0.39 is 0 Å². The van der Waals surface area contributed by atoms with Crippen molar-refractivity contribution in [2.45, 2.75) is 40.5 Å². The number of nitrogens with one attached hydrogen (secondary N) is 2. The molecule has 0 spiro atoms. The van der Waals surface area contributed by atoms with E-state index in [-0.39, 0.29) is 17.5 Å². The van der Waals surface area contributed by atoms with Gasteiger partial charge in [-0.1, -0.05) is 47.5 Å². The van der Waals surface area contributed by atoms with E-state index >= 15 is 0 Å². The average molecular weight is 430 g/mol. The number of benzene rings is 2. The third kappa shape index (κ3) is 6.27. The molecular formula is C27H31N3O2. The predicted octanol–water partition coefficient (Wildman–Crippen LogP) is 4.26. The number of nitrogens with zero attached hydrogens (tertiary/aromatic N) is 1. The quantitative estimate of drug-likeness (QED) is 0.562. The molecule has 0 aliphatic rings. The summed E-state index contributed by atoms with van der Waals surface area (Å²) in [6, 6.07) is 15.8. The Bertz CT molecular complexity index is 1040. The van der Waals surface area contributed by atoms with E-state index in [1.54, 1.807) is 12.1 Å². The summed E-state index contributed by atoms with van der Waals surface area (Å²) in [6.07, 6.45) is 3.00. The van der Waals surface area contributed by atoms with Gasteiger partial charge in [0, 0.05) is 24.8 Å². The third-order valence-corrected chi connectivity index (χ3v) is 5.61. The first-order chi connectivity index (χ1) is 15.3. The van der Waals surface area contributed by atoms with Crippen molar-refractivity contribution < 1.29 is 9.59 Å². The van der Waals surface area contributed by atoms with Gasteiger partial charge in [-0.25, -0.2) is 0 Å². The molecule has 3 aromatic rings. The number of rotatable bonds is 8. The summed E-state index contributed by atoms with van der Waals surface area (Å²) in [5.74, 6) is -0.485. The first kappa shape index (κ1) is 23.2. The van der Waals surface area contributed by atoms with E-state index in [0.717, 1.165) is 12.8 Å². The van der Waals surface area contributed by atoms with Gasteiger partial charge in [0.2, 0.25) is 0 Å². The lowest BCUT2D eigenvalue weighted by atomic mass is 10.0. The van der Waals surface area contributed by atoms with Gasteiger partial charge in [-0.3, -0.25) is 14.6 Å². The normalized spacial score (nSPS) is 10.6. The number of aromatic nitrogens is 1. The summed E-state index contributed by atoms with van der Waals surface area (Å²) in [5.41, 5.74) is 8.00. The Hall–Kier alpha value is -3.47. The Labute approximate surface area is 190 Å². The summed E-state index contributed by atoms with van der Waals surface area (Å²) >= 11 is 0. The van der Waals surface area contributed by atoms with Crippen molar-refractivity contribution in [2.24, 2.45) is 0 Å². The van der Waals surface area contributed by atoms with Crippen LogP contribution >= 0.6 is 0 Å². The van der Waals surface area contributed by atoms with Crippen molar-refractivity contribution in [1.29, 1.82) is 0 Å². The molecule has 0 radical (unpaired) electrons. The van der Waals surface area contributed by atoms with Gasteiger partial charge in [0.15, 0.2) is 0 Å². The average Bonchev–Trinajstić information content (AvgIpc) is 2.76. The Morgan fingerprint density at radius 3 is 1.78 bits per heavy atom. The van der Waals surface area contributed by atoms with Crippen LogP contribution in [0.5, 0.6) is 0 Å². The van der Waals surface area contributed by atoms with E-state index in [0.29, 0.717) is 18.7 Å². The highest BCUT2D eigenvalue weighted by Crippen LogP contribution is 2.12. The zero-order chi connectivity index (χ0) is 23.1. The van der Waals surface area contributed by atoms with Gasteiger partial charge >= 0.3 is 0 Å². The van der Waals surface area contributed by atoms with Crippen LogP contribution in [-0.2, 0) is 12.8 Å². The molecule has 0 aliphatic heterocycles. The Kier molecular flexibility index (Phi) is 7.77. The number of aryl methyl sites for hydroxylation is 4. The van der Waals surface area contributed by atoms with Crippen molar-refractivity contribution >= 4 is 11.8 Å². The van der Waals surface area contributed by atoms with Crippen LogP contribution in [0.25, 0.3) is 0 Å². The molecule has 32 heavy (non-hydrogen) atoms. The maximum atomic E-state index is 12.5. The minimum atomic E-state index is -0.278. The Balaban J connectivity index is 1.52. The van der Waals surface area contributed by atoms with Crippen LogP contribution < -0.4 is 10.6 Å². The molecule has 0 aliphatic carbocycles. The number of pyridine rings is 1. The van der Waals surface area contributed by atoms with Crippen molar-refractivity contribution in [1.82, 2.24) is 15.6 Å². The lowest BCUT2D eigenvalue weighted by Gasteiger charge is -2.10. The van der Waals surface area contributed by atoms with Gasteiger partial charge in [-0.2, -0.15) is 0 Å². The fourth-order valence-corrected chi connectivity index (χ4v) is 3.76. The highest BCUT2D eigenvalue weighted by molar-refractivity contribution is 5.98. The lowest BCUT2D eigenvalue weighted by molar-refractivity contribution is 0.0949. The summed E-state index contributed by atoms with van der Waals surface area (Å²) in [6.45, 7) is 9.33. The first-order valence-electron chi connectivity index (χ1n) is 11.0. The van der Waals surface area contributed by atoms with Gasteiger partial charge in [-0.15, -0.1) is 0 Å². The molecule has 5 heteroatoms. The van der Waals surface area contributed by atoms with Gasteiger partial charge in [-0.05, 0) is 74.9 Å². The van der Waals surface area contributed by atoms with E-state index in [1.807, 2.05) is 0 Å². The van der Waals surface area contributed by atoms with Crippen molar-refractivity contribution in [2.75, 3.05) is 13.1 Å². The third-order valence-electron chi connectivity index (χ3n) is 5.61. The smallest absolute Gasteiger partial charge is 0.269 e. The predicted molar refractivity (Wildman–Crippen MR) is 128 cm³/mol. The molecule has 0 atom stereocenters. The van der Waals surface area contributed by atoms with Crippen LogP contribution in [0.1, 0.15) is 54.2 Å². The zero-order valence-electron chi connectivity index (χ0n) is 19.3. The highest BCUT2D eigenvalue weighted by Gasteiger charge is 2.12. The molecule has 5 nitrogen and oxygen atoms in total. The standard InChI is InChI=1S/C27H31N3O2/c1-18-5-7-22(20(3)15-18)9-13-29-26(31)24-11-12-28-25(17-24)27(32)30-14-10-23-8-6-19(2)16-21(23)4/h5-8,11-12,15-17H,9-10,13-14H2,1-4H3,(H,29,31)(H,30,32). The van der Waals surface area contributed by atoms with Crippen LogP contribution in [0.3, 0.4) is 0 Å². The van der Waals surface area contributed by atoms with Gasteiger partial charge in [0.05, 0.1) is 0 Å². The monoisotopic (exact) mass is 429 g/mol. The van der Waals surface area contributed by atoms with Crippen LogP contribution in [0.2, 0.25) is 0 Å². The molecule has 1 aromatic heterocycles.